The van der Waals surface area contributed by atoms with Gasteiger partial charge in [-0.15, -0.1) is 0 Å². The molecule has 0 saturated heterocycles. The summed E-state index contributed by atoms with van der Waals surface area (Å²) in [7, 11) is 1.11. The molecule has 0 bridgehead atoms. The summed E-state index contributed by atoms with van der Waals surface area (Å²) < 4.78 is 33.1. The molecule has 1 rings (SSSR count). The molecule has 18 heavy (non-hydrogen) atoms. The molecule has 0 aliphatic heterocycles. The van der Waals surface area contributed by atoms with Crippen LogP contribution >= 0.6 is 0 Å². The highest BCUT2D eigenvalue weighted by atomic mass is 19.3. The lowest BCUT2D eigenvalue weighted by Crippen LogP contribution is -2.12. The van der Waals surface area contributed by atoms with Crippen molar-refractivity contribution in [1.82, 2.24) is 0 Å². The summed E-state index contributed by atoms with van der Waals surface area (Å²) in [5.41, 5.74) is -0.539. The van der Waals surface area contributed by atoms with Crippen molar-refractivity contribution in [2.24, 2.45) is 0 Å². The molecule has 0 spiro atoms. The van der Waals surface area contributed by atoms with Crippen molar-refractivity contribution in [2.45, 2.75) is 13.2 Å². The number of methoxy groups -OCH3 is 1. The zero-order valence-corrected chi connectivity index (χ0v) is 9.31. The fourth-order valence-corrected chi connectivity index (χ4v) is 1.40. The number of halogens is 2. The number of nitrogens with zero attached hydrogens (tertiary/aromatic N) is 1. The molecule has 7 heteroatoms. The van der Waals surface area contributed by atoms with Crippen molar-refractivity contribution < 1.29 is 28.2 Å². The average molecular weight is 257 g/mol. The highest BCUT2D eigenvalue weighted by Gasteiger charge is 2.21. The van der Waals surface area contributed by atoms with E-state index in [9.17, 15) is 13.6 Å². The highest BCUT2D eigenvalue weighted by molar-refractivity contribution is 5.92. The number of ether oxygens (including phenoxy) is 2. The van der Waals surface area contributed by atoms with E-state index in [1.165, 1.54) is 6.07 Å². The number of carbonyl (C=O) groups is 1. The van der Waals surface area contributed by atoms with Crippen LogP contribution in [0, 0.1) is 11.3 Å². The summed E-state index contributed by atoms with van der Waals surface area (Å²) >= 11 is 0. The van der Waals surface area contributed by atoms with E-state index in [2.05, 4.69) is 9.47 Å². The number of rotatable bonds is 4. The van der Waals surface area contributed by atoms with Crippen LogP contribution in [0.2, 0.25) is 0 Å². The van der Waals surface area contributed by atoms with Crippen molar-refractivity contribution in [2.75, 3.05) is 7.11 Å². The quantitative estimate of drug-likeness (QED) is 0.825. The first-order valence-corrected chi connectivity index (χ1v) is 4.75. The van der Waals surface area contributed by atoms with Gasteiger partial charge in [0, 0.05) is 5.56 Å². The van der Waals surface area contributed by atoms with Crippen LogP contribution in [0.25, 0.3) is 0 Å². The second-order valence-electron chi connectivity index (χ2n) is 3.11. The number of aliphatic hydroxyl groups is 1. The van der Waals surface area contributed by atoms with Gasteiger partial charge in [0.15, 0.2) is 0 Å². The lowest BCUT2D eigenvalue weighted by molar-refractivity contribution is -0.0512. The van der Waals surface area contributed by atoms with Crippen LogP contribution in [-0.4, -0.2) is 24.8 Å². The van der Waals surface area contributed by atoms with Gasteiger partial charge in [-0.25, -0.2) is 4.79 Å². The van der Waals surface area contributed by atoms with Crippen LogP contribution in [0.3, 0.4) is 0 Å². The van der Waals surface area contributed by atoms with Crippen LogP contribution in [0.5, 0.6) is 5.75 Å². The van der Waals surface area contributed by atoms with Gasteiger partial charge >= 0.3 is 12.6 Å². The van der Waals surface area contributed by atoms with E-state index in [-0.39, 0.29) is 16.7 Å². The van der Waals surface area contributed by atoms with Crippen LogP contribution in [0.1, 0.15) is 21.5 Å². The topological polar surface area (TPSA) is 79.6 Å². The second-order valence-corrected chi connectivity index (χ2v) is 3.11. The smallest absolute Gasteiger partial charge is 0.387 e. The number of alkyl halides is 2. The Morgan fingerprint density at radius 1 is 1.56 bits per heavy atom. The van der Waals surface area contributed by atoms with Crippen LogP contribution in [0.15, 0.2) is 12.1 Å². The van der Waals surface area contributed by atoms with E-state index in [0.29, 0.717) is 0 Å². The van der Waals surface area contributed by atoms with E-state index in [1.54, 1.807) is 6.07 Å². The molecule has 1 N–H and O–H groups in total. The SMILES string of the molecule is COC(=O)c1ccc(C#N)c(OC(F)F)c1CO. The zero-order chi connectivity index (χ0) is 13.7. The Hall–Kier alpha value is -2.20. The molecule has 0 aliphatic carbocycles. The van der Waals surface area contributed by atoms with Crippen LogP contribution < -0.4 is 4.74 Å². The van der Waals surface area contributed by atoms with Crippen molar-refractivity contribution in [3.8, 4) is 11.8 Å². The normalized spacial score (nSPS) is 10.0. The molecule has 0 aromatic heterocycles. The van der Waals surface area contributed by atoms with Crippen molar-refractivity contribution in [1.29, 1.82) is 5.26 Å². The van der Waals surface area contributed by atoms with E-state index >= 15 is 0 Å². The Bertz CT molecular complexity index is 497. The number of esters is 1. The fourth-order valence-electron chi connectivity index (χ4n) is 1.40. The summed E-state index contributed by atoms with van der Waals surface area (Å²) in [6.07, 6.45) is 0. The molecule has 1 aromatic carbocycles. The molecule has 0 aliphatic rings. The van der Waals surface area contributed by atoms with Gasteiger partial charge in [0.05, 0.1) is 24.8 Å². The van der Waals surface area contributed by atoms with Crippen LogP contribution in [-0.2, 0) is 11.3 Å². The molecule has 0 fully saturated rings. The van der Waals surface area contributed by atoms with E-state index in [4.69, 9.17) is 10.4 Å². The lowest BCUT2D eigenvalue weighted by Gasteiger charge is -2.13. The van der Waals surface area contributed by atoms with Crippen molar-refractivity contribution >= 4 is 5.97 Å². The van der Waals surface area contributed by atoms with Gasteiger partial charge in [0.25, 0.3) is 0 Å². The van der Waals surface area contributed by atoms with Crippen LogP contribution in [0.4, 0.5) is 8.78 Å². The van der Waals surface area contributed by atoms with Crippen molar-refractivity contribution in [3.05, 3.63) is 28.8 Å². The van der Waals surface area contributed by atoms with Gasteiger partial charge in [0.1, 0.15) is 11.8 Å². The number of hydrogen-bond donors (Lipinski definition) is 1. The molecule has 1 aromatic rings. The number of aliphatic hydroxyl groups excluding tert-OH is 1. The Labute approximate surface area is 101 Å². The summed E-state index contributed by atoms with van der Waals surface area (Å²) in [4.78, 5) is 11.4. The average Bonchev–Trinajstić information content (AvgIpc) is 2.36. The molecule has 0 heterocycles. The molecule has 96 valence electrons. The third-order valence-corrected chi connectivity index (χ3v) is 2.15. The highest BCUT2D eigenvalue weighted by Crippen LogP contribution is 2.29. The number of nitriles is 1. The minimum absolute atomic E-state index is 0.130. The number of benzene rings is 1. The molecule has 0 unspecified atom stereocenters. The predicted octanol–water partition coefficient (Wildman–Crippen LogP) is 1.44. The third-order valence-electron chi connectivity index (χ3n) is 2.15. The third kappa shape index (κ3) is 2.73. The zero-order valence-electron chi connectivity index (χ0n) is 9.31. The maximum absolute atomic E-state index is 12.2. The van der Waals surface area contributed by atoms with E-state index in [0.717, 1.165) is 13.2 Å². The minimum Gasteiger partial charge on any atom is -0.465 e. The Morgan fingerprint density at radius 3 is 2.67 bits per heavy atom. The molecule has 0 amide bonds. The maximum Gasteiger partial charge on any atom is 0.387 e. The van der Waals surface area contributed by atoms with E-state index in [1.807, 2.05) is 0 Å². The predicted molar refractivity (Wildman–Crippen MR) is 55.1 cm³/mol. The molecule has 5 nitrogen and oxygen atoms in total. The van der Waals surface area contributed by atoms with Gasteiger partial charge in [-0.2, -0.15) is 14.0 Å². The largest absolute Gasteiger partial charge is 0.465 e. The molecular formula is C11H9F2NO4. The number of carbonyl (C=O) groups excluding carboxylic acids is 1. The van der Waals surface area contributed by atoms with Gasteiger partial charge in [-0.1, -0.05) is 0 Å². The molecular weight excluding hydrogens is 248 g/mol. The fraction of sp³-hybridized carbons (Fsp3) is 0.273. The Balaban J connectivity index is 3.42. The van der Waals surface area contributed by atoms with Crippen molar-refractivity contribution in [3.63, 3.8) is 0 Å². The summed E-state index contributed by atoms with van der Waals surface area (Å²) in [5.74, 6) is -1.33. The van der Waals surface area contributed by atoms with E-state index < -0.39 is 24.9 Å². The van der Waals surface area contributed by atoms with Gasteiger partial charge in [-0.3, -0.25) is 0 Å². The molecule has 0 radical (unpaired) electrons. The standard InChI is InChI=1S/C11H9F2NO4/c1-17-10(16)7-3-2-6(4-14)9(8(7)5-15)18-11(12)13/h2-3,11,15H,5H2,1H3. The van der Waals surface area contributed by atoms with Gasteiger partial charge in [-0.05, 0) is 12.1 Å². The summed E-state index contributed by atoms with van der Waals surface area (Å²) in [6, 6.07) is 3.98. The van der Waals surface area contributed by atoms with Gasteiger partial charge < -0.3 is 14.6 Å². The Morgan fingerprint density at radius 2 is 2.22 bits per heavy atom. The summed E-state index contributed by atoms with van der Waals surface area (Å²) in [6.45, 7) is -3.91. The first-order valence-electron chi connectivity index (χ1n) is 4.75. The second kappa shape index (κ2) is 5.93. The monoisotopic (exact) mass is 257 g/mol. The van der Waals surface area contributed by atoms with Gasteiger partial charge in [0.2, 0.25) is 0 Å². The molecule has 0 saturated carbocycles. The first-order chi connectivity index (χ1) is 8.54. The summed E-state index contributed by atoms with van der Waals surface area (Å²) in [5, 5.41) is 17.9. The molecule has 0 atom stereocenters. The first kappa shape index (κ1) is 13.9. The number of hydrogen-bond acceptors (Lipinski definition) is 5. The lowest BCUT2D eigenvalue weighted by atomic mass is 10.0. The minimum atomic E-state index is -3.17. The maximum atomic E-state index is 12.2. The Kier molecular flexibility index (Phi) is 4.57.